The normalized spacial score (nSPS) is 12.4. The van der Waals surface area contributed by atoms with Gasteiger partial charge in [0.15, 0.2) is 0 Å². The summed E-state index contributed by atoms with van der Waals surface area (Å²) >= 11 is 1.71. The van der Waals surface area contributed by atoms with Crippen LogP contribution in [0.2, 0.25) is 0 Å². The number of thioether (sulfide) groups is 1. The van der Waals surface area contributed by atoms with Crippen molar-refractivity contribution in [2.45, 2.75) is 31.3 Å². The van der Waals surface area contributed by atoms with E-state index < -0.39 is 0 Å². The van der Waals surface area contributed by atoms with Gasteiger partial charge in [0.1, 0.15) is 0 Å². The highest BCUT2D eigenvalue weighted by Gasteiger charge is 2.06. The Hall–Kier alpha value is -1.25. The molecule has 0 saturated carbocycles. The van der Waals surface area contributed by atoms with Crippen LogP contribution < -0.4 is 0 Å². The van der Waals surface area contributed by atoms with Gasteiger partial charge in [-0.1, -0.05) is 47.5 Å². The van der Waals surface area contributed by atoms with Gasteiger partial charge in [-0.2, -0.15) is 0 Å². The molecule has 1 nitrogen and oxygen atoms in total. The van der Waals surface area contributed by atoms with Gasteiger partial charge in [0.2, 0.25) is 0 Å². The molecule has 2 heteroatoms. The van der Waals surface area contributed by atoms with E-state index in [1.54, 1.807) is 11.8 Å². The predicted molar refractivity (Wildman–Crippen MR) is 82.8 cm³/mol. The van der Waals surface area contributed by atoms with Crippen molar-refractivity contribution in [2.75, 3.05) is 5.75 Å². The lowest BCUT2D eigenvalue weighted by atomic mass is 10.1. The average Bonchev–Trinajstić information content (AvgIpc) is 2.41. The van der Waals surface area contributed by atoms with Gasteiger partial charge in [0, 0.05) is 10.6 Å². The molecule has 1 unspecified atom stereocenters. The Morgan fingerprint density at radius 2 is 1.42 bits per heavy atom. The van der Waals surface area contributed by atoms with Gasteiger partial charge in [-0.25, -0.2) is 0 Å². The third-order valence-corrected chi connectivity index (χ3v) is 4.21. The van der Waals surface area contributed by atoms with Gasteiger partial charge in [0.25, 0.3) is 0 Å². The van der Waals surface area contributed by atoms with Gasteiger partial charge >= 0.3 is 0 Å². The second-order valence-corrected chi connectivity index (χ2v) is 6.06. The summed E-state index contributed by atoms with van der Waals surface area (Å²) < 4.78 is 0. The smallest absolute Gasteiger partial charge is 0.0674 e. The molecule has 1 atom stereocenters. The van der Waals surface area contributed by atoms with E-state index in [4.69, 9.17) is 0 Å². The molecule has 0 heterocycles. The van der Waals surface area contributed by atoms with E-state index in [0.717, 1.165) is 12.2 Å². The molecule has 0 bridgehead atoms. The largest absolute Gasteiger partial charge is 0.392 e. The second kappa shape index (κ2) is 6.78. The number of aliphatic hydroxyl groups is 1. The fourth-order valence-electron chi connectivity index (χ4n) is 1.88. The van der Waals surface area contributed by atoms with Gasteiger partial charge in [-0.05, 0) is 38.0 Å². The van der Waals surface area contributed by atoms with E-state index >= 15 is 0 Å². The third kappa shape index (κ3) is 4.73. The SMILES string of the molecule is Cc1ccc(CC(O)CSc2ccc(C)cc2)cc1. The Labute approximate surface area is 119 Å². The number of benzene rings is 2. The first kappa shape index (κ1) is 14.2. The Kier molecular flexibility index (Phi) is 5.06. The Morgan fingerprint density at radius 3 is 2.00 bits per heavy atom. The van der Waals surface area contributed by atoms with Gasteiger partial charge in [0.05, 0.1) is 6.10 Å². The molecule has 0 spiro atoms. The van der Waals surface area contributed by atoms with Crippen LogP contribution >= 0.6 is 11.8 Å². The summed E-state index contributed by atoms with van der Waals surface area (Å²) in [5.74, 6) is 0.733. The molecule has 2 aromatic rings. The Balaban J connectivity index is 1.82. The minimum absolute atomic E-state index is 0.297. The first-order valence-corrected chi connectivity index (χ1v) is 7.55. The van der Waals surface area contributed by atoms with Crippen LogP contribution in [-0.2, 0) is 6.42 Å². The van der Waals surface area contributed by atoms with E-state index in [-0.39, 0.29) is 6.10 Å². The van der Waals surface area contributed by atoms with Crippen LogP contribution in [0.4, 0.5) is 0 Å². The summed E-state index contributed by atoms with van der Waals surface area (Å²) in [4.78, 5) is 1.22. The number of aliphatic hydroxyl groups excluding tert-OH is 1. The zero-order chi connectivity index (χ0) is 13.7. The maximum Gasteiger partial charge on any atom is 0.0674 e. The summed E-state index contributed by atoms with van der Waals surface area (Å²) in [5.41, 5.74) is 3.72. The fraction of sp³-hybridized carbons (Fsp3) is 0.294. The van der Waals surface area contributed by atoms with Crippen LogP contribution in [0.1, 0.15) is 16.7 Å². The van der Waals surface area contributed by atoms with Crippen molar-refractivity contribution in [3.63, 3.8) is 0 Å². The number of hydrogen-bond acceptors (Lipinski definition) is 2. The lowest BCUT2D eigenvalue weighted by molar-refractivity contribution is 0.200. The highest BCUT2D eigenvalue weighted by atomic mass is 32.2. The van der Waals surface area contributed by atoms with Crippen LogP contribution in [0.25, 0.3) is 0 Å². The van der Waals surface area contributed by atoms with Crippen molar-refractivity contribution < 1.29 is 5.11 Å². The maximum atomic E-state index is 10.1. The maximum absolute atomic E-state index is 10.1. The molecule has 0 aliphatic heterocycles. The molecular formula is C17H20OS. The molecule has 0 saturated heterocycles. The van der Waals surface area contributed by atoms with Gasteiger partial charge in [-0.15, -0.1) is 11.8 Å². The molecule has 0 aliphatic carbocycles. The molecule has 0 aromatic heterocycles. The lowest BCUT2D eigenvalue weighted by Crippen LogP contribution is -2.13. The molecule has 2 rings (SSSR count). The number of rotatable bonds is 5. The van der Waals surface area contributed by atoms with Crippen molar-refractivity contribution in [3.05, 3.63) is 65.2 Å². The average molecular weight is 272 g/mol. The summed E-state index contributed by atoms with van der Waals surface area (Å²) in [7, 11) is 0. The molecular weight excluding hydrogens is 252 g/mol. The first-order valence-electron chi connectivity index (χ1n) is 6.56. The summed E-state index contributed by atoms with van der Waals surface area (Å²) in [6.07, 6.45) is 0.424. The highest BCUT2D eigenvalue weighted by molar-refractivity contribution is 7.99. The molecule has 0 amide bonds. The minimum Gasteiger partial charge on any atom is -0.392 e. The van der Waals surface area contributed by atoms with Crippen LogP contribution in [-0.4, -0.2) is 17.0 Å². The molecule has 19 heavy (non-hydrogen) atoms. The fourth-order valence-corrected chi connectivity index (χ4v) is 2.71. The zero-order valence-electron chi connectivity index (χ0n) is 11.5. The van der Waals surface area contributed by atoms with Crippen molar-refractivity contribution in [2.24, 2.45) is 0 Å². The quantitative estimate of drug-likeness (QED) is 0.830. The molecule has 0 radical (unpaired) electrons. The standard InChI is InChI=1S/C17H20OS/c1-13-3-7-15(8-4-13)11-16(18)12-19-17-9-5-14(2)6-10-17/h3-10,16,18H,11-12H2,1-2H3. The summed E-state index contributed by atoms with van der Waals surface area (Å²) in [6, 6.07) is 16.8. The van der Waals surface area contributed by atoms with E-state index in [9.17, 15) is 5.11 Å². The molecule has 0 fully saturated rings. The van der Waals surface area contributed by atoms with Crippen molar-refractivity contribution in [3.8, 4) is 0 Å². The predicted octanol–water partition coefficient (Wildman–Crippen LogP) is 4.00. The zero-order valence-corrected chi connectivity index (χ0v) is 12.3. The van der Waals surface area contributed by atoms with E-state index in [1.807, 2.05) is 0 Å². The second-order valence-electron chi connectivity index (χ2n) is 4.97. The van der Waals surface area contributed by atoms with Gasteiger partial charge < -0.3 is 5.11 Å². The van der Waals surface area contributed by atoms with E-state index in [2.05, 4.69) is 62.4 Å². The Morgan fingerprint density at radius 1 is 0.895 bits per heavy atom. The van der Waals surface area contributed by atoms with Crippen molar-refractivity contribution >= 4 is 11.8 Å². The van der Waals surface area contributed by atoms with E-state index in [0.29, 0.717) is 0 Å². The van der Waals surface area contributed by atoms with Crippen molar-refractivity contribution in [1.29, 1.82) is 0 Å². The monoisotopic (exact) mass is 272 g/mol. The Bertz CT molecular complexity index is 502. The van der Waals surface area contributed by atoms with Gasteiger partial charge in [-0.3, -0.25) is 0 Å². The van der Waals surface area contributed by atoms with Crippen LogP contribution in [0.3, 0.4) is 0 Å². The number of aryl methyl sites for hydroxylation is 2. The van der Waals surface area contributed by atoms with Crippen molar-refractivity contribution in [1.82, 2.24) is 0 Å². The highest BCUT2D eigenvalue weighted by Crippen LogP contribution is 2.20. The first-order chi connectivity index (χ1) is 9.13. The van der Waals surface area contributed by atoms with Crippen LogP contribution in [0.5, 0.6) is 0 Å². The lowest BCUT2D eigenvalue weighted by Gasteiger charge is -2.10. The molecule has 0 aliphatic rings. The third-order valence-electron chi connectivity index (χ3n) is 3.06. The summed E-state index contributed by atoms with van der Waals surface area (Å²) in [6.45, 7) is 4.16. The molecule has 1 N–H and O–H groups in total. The topological polar surface area (TPSA) is 20.2 Å². The number of hydrogen-bond donors (Lipinski definition) is 1. The minimum atomic E-state index is -0.297. The van der Waals surface area contributed by atoms with E-state index in [1.165, 1.54) is 21.6 Å². The van der Waals surface area contributed by atoms with Crippen LogP contribution in [0.15, 0.2) is 53.4 Å². The van der Waals surface area contributed by atoms with Crippen LogP contribution in [0, 0.1) is 13.8 Å². The summed E-state index contributed by atoms with van der Waals surface area (Å²) in [5, 5.41) is 10.1. The molecule has 2 aromatic carbocycles. The molecule has 100 valence electrons.